The Morgan fingerprint density at radius 3 is 2.34 bits per heavy atom. The van der Waals surface area contributed by atoms with E-state index in [9.17, 15) is 9.59 Å². The molecule has 0 spiro atoms. The first-order valence-corrected chi connectivity index (χ1v) is 11.6. The summed E-state index contributed by atoms with van der Waals surface area (Å²) in [5, 5.41) is 2.98. The summed E-state index contributed by atoms with van der Waals surface area (Å²) in [5.41, 5.74) is 4.39. The quantitative estimate of drug-likeness (QED) is 0.377. The summed E-state index contributed by atoms with van der Waals surface area (Å²) in [7, 11) is 1.61. The van der Waals surface area contributed by atoms with E-state index in [-0.39, 0.29) is 12.6 Å². The van der Waals surface area contributed by atoms with Gasteiger partial charge in [-0.25, -0.2) is 9.59 Å². The van der Waals surface area contributed by atoms with Crippen LogP contribution in [0, 0.1) is 13.8 Å². The van der Waals surface area contributed by atoms with Gasteiger partial charge in [0.05, 0.1) is 26.0 Å². The summed E-state index contributed by atoms with van der Waals surface area (Å²) in [6.45, 7) is 8.83. The number of rotatable bonds is 10. The maximum absolute atomic E-state index is 13.5. The third-order valence-electron chi connectivity index (χ3n) is 5.67. The number of aromatic nitrogens is 1. The van der Waals surface area contributed by atoms with Crippen molar-refractivity contribution in [1.29, 1.82) is 0 Å². The van der Waals surface area contributed by atoms with Crippen LogP contribution in [0.25, 0.3) is 0 Å². The minimum atomic E-state index is -0.406. The van der Waals surface area contributed by atoms with Gasteiger partial charge in [-0.2, -0.15) is 0 Å². The van der Waals surface area contributed by atoms with E-state index in [4.69, 9.17) is 14.2 Å². The number of nitrogens with zero attached hydrogens (tertiary/aromatic N) is 1. The van der Waals surface area contributed by atoms with E-state index in [1.54, 1.807) is 25.0 Å². The number of hydrogen-bond acceptors (Lipinski definition) is 5. The predicted molar refractivity (Wildman–Crippen MR) is 135 cm³/mol. The van der Waals surface area contributed by atoms with Crippen LogP contribution in [0.2, 0.25) is 0 Å². The largest absolute Gasteiger partial charge is 0.497 e. The molecule has 8 heteroatoms. The van der Waals surface area contributed by atoms with Crippen LogP contribution in [0.1, 0.15) is 46.7 Å². The van der Waals surface area contributed by atoms with E-state index in [1.807, 2.05) is 63.2 Å². The minimum Gasteiger partial charge on any atom is -0.497 e. The van der Waals surface area contributed by atoms with Gasteiger partial charge in [-0.05, 0) is 68.7 Å². The molecule has 2 N–H and O–H groups in total. The molecular formula is C27H33N3O5. The average molecular weight is 480 g/mol. The monoisotopic (exact) mass is 479 g/mol. The molecule has 0 atom stereocenters. The maximum atomic E-state index is 13.5. The van der Waals surface area contributed by atoms with Crippen LogP contribution in [-0.4, -0.2) is 42.2 Å². The number of carbonyl (C=O) groups is 2. The lowest BCUT2D eigenvalue weighted by Crippen LogP contribution is -2.34. The molecule has 0 radical (unpaired) electrons. The average Bonchev–Trinajstić information content (AvgIpc) is 3.14. The lowest BCUT2D eigenvalue weighted by molar-refractivity contribution is 0.0519. The van der Waals surface area contributed by atoms with Crippen molar-refractivity contribution in [2.75, 3.05) is 25.6 Å². The summed E-state index contributed by atoms with van der Waals surface area (Å²) in [4.78, 5) is 30.7. The smallest absolute Gasteiger partial charge is 0.355 e. The molecule has 3 rings (SSSR count). The lowest BCUT2D eigenvalue weighted by atomic mass is 10.1. The fourth-order valence-electron chi connectivity index (χ4n) is 3.82. The molecule has 2 amide bonds. The summed E-state index contributed by atoms with van der Waals surface area (Å²) in [5.74, 6) is 0.939. The number of amides is 2. The van der Waals surface area contributed by atoms with Gasteiger partial charge >= 0.3 is 12.0 Å². The lowest BCUT2D eigenvalue weighted by Gasteiger charge is -2.24. The van der Waals surface area contributed by atoms with Crippen molar-refractivity contribution in [1.82, 2.24) is 9.88 Å². The fourth-order valence-corrected chi connectivity index (χ4v) is 3.82. The van der Waals surface area contributed by atoms with Crippen molar-refractivity contribution in [3.63, 3.8) is 0 Å². The van der Waals surface area contributed by atoms with E-state index in [0.717, 1.165) is 28.1 Å². The van der Waals surface area contributed by atoms with Crippen LogP contribution in [0.3, 0.4) is 0 Å². The first-order valence-electron chi connectivity index (χ1n) is 11.6. The maximum Gasteiger partial charge on any atom is 0.355 e. The second kappa shape index (κ2) is 12.0. The first kappa shape index (κ1) is 25.7. The SMILES string of the molecule is CCOC(=O)c1[nH]c(C)c(CN(Cc2ccc(OC)cc2)C(=O)Nc2ccccc2OCC)c1C. The molecule has 0 unspecified atom stereocenters. The zero-order chi connectivity index (χ0) is 25.4. The van der Waals surface area contributed by atoms with Gasteiger partial charge in [-0.1, -0.05) is 24.3 Å². The molecule has 8 nitrogen and oxygen atoms in total. The molecule has 0 saturated carbocycles. The van der Waals surface area contributed by atoms with Crippen LogP contribution >= 0.6 is 0 Å². The van der Waals surface area contributed by atoms with E-state index >= 15 is 0 Å². The molecule has 0 aliphatic heterocycles. The number of urea groups is 1. The van der Waals surface area contributed by atoms with Gasteiger partial charge in [0.15, 0.2) is 0 Å². The molecule has 186 valence electrons. The Balaban J connectivity index is 1.91. The van der Waals surface area contributed by atoms with Gasteiger partial charge < -0.3 is 29.4 Å². The van der Waals surface area contributed by atoms with Crippen molar-refractivity contribution in [2.45, 2.75) is 40.8 Å². The molecule has 0 aliphatic carbocycles. The zero-order valence-electron chi connectivity index (χ0n) is 20.9. The summed E-state index contributed by atoms with van der Waals surface area (Å²) in [6, 6.07) is 14.6. The number of aryl methyl sites for hydroxylation is 1. The van der Waals surface area contributed by atoms with Gasteiger partial charge in [0.25, 0.3) is 0 Å². The summed E-state index contributed by atoms with van der Waals surface area (Å²) < 4.78 is 16.1. The first-order chi connectivity index (χ1) is 16.9. The predicted octanol–water partition coefficient (Wildman–Crippen LogP) is 5.45. The Morgan fingerprint density at radius 2 is 1.69 bits per heavy atom. The van der Waals surface area contributed by atoms with E-state index in [1.165, 1.54) is 0 Å². The number of anilines is 1. The Labute approximate surface area is 206 Å². The highest BCUT2D eigenvalue weighted by Gasteiger charge is 2.23. The number of methoxy groups -OCH3 is 1. The molecule has 0 fully saturated rings. The Morgan fingerprint density at radius 1 is 0.971 bits per heavy atom. The number of benzene rings is 2. The van der Waals surface area contributed by atoms with Gasteiger partial charge in [-0.3, -0.25) is 0 Å². The van der Waals surface area contributed by atoms with Gasteiger partial charge in [0.2, 0.25) is 0 Å². The summed E-state index contributed by atoms with van der Waals surface area (Å²) in [6.07, 6.45) is 0. The highest BCUT2D eigenvalue weighted by Crippen LogP contribution is 2.26. The minimum absolute atomic E-state index is 0.286. The van der Waals surface area contributed by atoms with Crippen LogP contribution in [0.5, 0.6) is 11.5 Å². The number of nitrogens with one attached hydrogen (secondary N) is 2. The van der Waals surface area contributed by atoms with Gasteiger partial charge in [0, 0.05) is 18.8 Å². The van der Waals surface area contributed by atoms with Crippen molar-refractivity contribution in [2.24, 2.45) is 0 Å². The molecule has 1 aromatic heterocycles. The molecule has 35 heavy (non-hydrogen) atoms. The number of hydrogen-bond donors (Lipinski definition) is 2. The zero-order valence-corrected chi connectivity index (χ0v) is 20.9. The Kier molecular flexibility index (Phi) is 8.78. The number of carbonyl (C=O) groups excluding carboxylic acids is 2. The molecule has 0 saturated heterocycles. The van der Waals surface area contributed by atoms with E-state index < -0.39 is 5.97 Å². The van der Waals surface area contributed by atoms with Crippen LogP contribution in [-0.2, 0) is 17.8 Å². The second-order valence-electron chi connectivity index (χ2n) is 8.01. The van der Waals surface area contributed by atoms with Crippen LogP contribution in [0.15, 0.2) is 48.5 Å². The standard InChI is InChI=1S/C27H33N3O5/c1-6-34-24-11-9-8-10-23(24)29-27(32)30(16-20-12-14-21(33-5)15-13-20)17-22-18(3)25(28-19(22)4)26(31)35-7-2/h8-15,28H,6-7,16-17H2,1-5H3,(H,29,32). The number of H-pyrrole nitrogens is 1. The molecule has 0 aliphatic rings. The van der Waals surface area contributed by atoms with E-state index in [0.29, 0.717) is 36.8 Å². The normalized spacial score (nSPS) is 10.5. The second-order valence-corrected chi connectivity index (χ2v) is 8.01. The van der Waals surface area contributed by atoms with Crippen LogP contribution in [0.4, 0.5) is 10.5 Å². The topological polar surface area (TPSA) is 92.9 Å². The molecular weight excluding hydrogens is 446 g/mol. The Hall–Kier alpha value is -3.94. The molecule has 0 bridgehead atoms. The summed E-state index contributed by atoms with van der Waals surface area (Å²) >= 11 is 0. The van der Waals surface area contributed by atoms with Crippen molar-refractivity contribution >= 4 is 17.7 Å². The van der Waals surface area contributed by atoms with Gasteiger partial charge in [-0.15, -0.1) is 0 Å². The molecule has 2 aromatic carbocycles. The molecule has 3 aromatic rings. The number of para-hydroxylation sites is 2. The van der Waals surface area contributed by atoms with Crippen LogP contribution < -0.4 is 14.8 Å². The van der Waals surface area contributed by atoms with Crippen molar-refractivity contribution < 1.29 is 23.8 Å². The van der Waals surface area contributed by atoms with Crippen molar-refractivity contribution in [3.8, 4) is 11.5 Å². The highest BCUT2D eigenvalue weighted by atomic mass is 16.5. The Bertz CT molecular complexity index is 1150. The van der Waals surface area contributed by atoms with Crippen molar-refractivity contribution in [3.05, 3.63) is 76.6 Å². The van der Waals surface area contributed by atoms with Gasteiger partial charge in [0.1, 0.15) is 17.2 Å². The van der Waals surface area contributed by atoms with E-state index in [2.05, 4.69) is 10.3 Å². The third-order valence-corrected chi connectivity index (χ3v) is 5.67. The molecule has 1 heterocycles. The number of aromatic amines is 1. The number of esters is 1. The number of ether oxygens (including phenoxy) is 3. The third kappa shape index (κ3) is 6.35. The fraction of sp³-hybridized carbons (Fsp3) is 0.333. The highest BCUT2D eigenvalue weighted by molar-refractivity contribution is 5.92.